The second-order valence-corrected chi connectivity index (χ2v) is 5.95. The molecule has 2 heterocycles. The van der Waals surface area contributed by atoms with Crippen molar-refractivity contribution in [2.45, 2.75) is 19.8 Å². The van der Waals surface area contributed by atoms with Gasteiger partial charge in [0.1, 0.15) is 5.82 Å². The minimum Gasteiger partial charge on any atom is -0.397 e. The summed E-state index contributed by atoms with van der Waals surface area (Å²) in [7, 11) is 2.19. The summed E-state index contributed by atoms with van der Waals surface area (Å²) in [6.07, 6.45) is 4.30. The molecule has 0 saturated carbocycles. The Morgan fingerprint density at radius 1 is 1.61 bits per heavy atom. The molecule has 100 valence electrons. The van der Waals surface area contributed by atoms with E-state index in [9.17, 15) is 0 Å². The molecule has 0 spiro atoms. The van der Waals surface area contributed by atoms with E-state index in [1.807, 2.05) is 6.92 Å². The summed E-state index contributed by atoms with van der Waals surface area (Å²) in [6, 6.07) is 0. The fourth-order valence-corrected chi connectivity index (χ4v) is 2.87. The molecule has 0 aliphatic carbocycles. The molecule has 3 N–H and O–H groups in total. The number of halogens is 1. The molecule has 1 unspecified atom stereocenters. The van der Waals surface area contributed by atoms with Crippen LogP contribution in [0.15, 0.2) is 10.7 Å². The second kappa shape index (κ2) is 5.89. The van der Waals surface area contributed by atoms with Gasteiger partial charge in [-0.2, -0.15) is 0 Å². The van der Waals surface area contributed by atoms with Gasteiger partial charge in [-0.1, -0.05) is 0 Å². The van der Waals surface area contributed by atoms with Gasteiger partial charge in [-0.3, -0.25) is 0 Å². The average Bonchev–Trinajstić information content (AvgIpc) is 2.35. The lowest BCUT2D eigenvalue weighted by atomic mass is 9.98. The molecule has 1 aromatic heterocycles. The normalized spacial score (nSPS) is 20.9. The minimum absolute atomic E-state index is 0.704. The van der Waals surface area contributed by atoms with E-state index in [1.165, 1.54) is 25.9 Å². The summed E-state index contributed by atoms with van der Waals surface area (Å²) in [4.78, 5) is 6.74. The molecule has 1 fully saturated rings. The van der Waals surface area contributed by atoms with Crippen molar-refractivity contribution in [2.24, 2.45) is 5.92 Å². The number of nitrogens with two attached hydrogens (primary N) is 1. The average molecular weight is 313 g/mol. The number of hydrogen-bond acceptors (Lipinski definition) is 4. The molecule has 18 heavy (non-hydrogen) atoms. The Kier molecular flexibility index (Phi) is 4.45. The van der Waals surface area contributed by atoms with Crippen LogP contribution >= 0.6 is 15.9 Å². The van der Waals surface area contributed by atoms with Crippen molar-refractivity contribution in [1.29, 1.82) is 0 Å². The molecule has 1 saturated heterocycles. The minimum atomic E-state index is 0.704. The van der Waals surface area contributed by atoms with Crippen molar-refractivity contribution >= 4 is 27.4 Å². The summed E-state index contributed by atoms with van der Waals surface area (Å²) < 4.78 is 0.978. The summed E-state index contributed by atoms with van der Waals surface area (Å²) in [5.74, 6) is 1.60. The zero-order valence-electron chi connectivity index (χ0n) is 11.0. The van der Waals surface area contributed by atoms with E-state index >= 15 is 0 Å². The maximum atomic E-state index is 5.82. The molecule has 4 nitrogen and oxygen atoms in total. The number of anilines is 2. The first-order valence-electron chi connectivity index (χ1n) is 6.41. The van der Waals surface area contributed by atoms with Gasteiger partial charge in [0.2, 0.25) is 0 Å². The Hall–Kier alpha value is -0.810. The predicted molar refractivity (Wildman–Crippen MR) is 79.8 cm³/mol. The Morgan fingerprint density at radius 2 is 2.39 bits per heavy atom. The van der Waals surface area contributed by atoms with Crippen molar-refractivity contribution < 1.29 is 0 Å². The van der Waals surface area contributed by atoms with E-state index < -0.39 is 0 Å². The van der Waals surface area contributed by atoms with Crippen LogP contribution in [0.3, 0.4) is 0 Å². The van der Waals surface area contributed by atoms with Crippen molar-refractivity contribution in [1.82, 2.24) is 9.88 Å². The van der Waals surface area contributed by atoms with E-state index in [0.29, 0.717) is 5.92 Å². The zero-order chi connectivity index (χ0) is 13.1. The van der Waals surface area contributed by atoms with Gasteiger partial charge >= 0.3 is 0 Å². The highest BCUT2D eigenvalue weighted by Gasteiger charge is 2.17. The highest BCUT2D eigenvalue weighted by molar-refractivity contribution is 9.10. The molecule has 0 radical (unpaired) electrons. The SMILES string of the molecule is Cc1c(N)cnc(NCC2CCCN(C)C2)c1Br. The van der Waals surface area contributed by atoms with Crippen molar-refractivity contribution in [2.75, 3.05) is 37.7 Å². The van der Waals surface area contributed by atoms with Gasteiger partial charge in [0.15, 0.2) is 0 Å². The zero-order valence-corrected chi connectivity index (χ0v) is 12.6. The van der Waals surface area contributed by atoms with Crippen LogP contribution in [0.1, 0.15) is 18.4 Å². The Bertz CT molecular complexity index is 422. The third-order valence-corrected chi connectivity index (χ3v) is 4.55. The number of nitrogens with one attached hydrogen (secondary N) is 1. The predicted octanol–water partition coefficient (Wildman–Crippen LogP) is 2.49. The van der Waals surface area contributed by atoms with E-state index in [2.05, 4.69) is 38.2 Å². The fraction of sp³-hybridized carbons (Fsp3) is 0.615. The summed E-state index contributed by atoms with van der Waals surface area (Å²) in [6.45, 7) is 5.36. The van der Waals surface area contributed by atoms with Gasteiger partial charge in [-0.25, -0.2) is 4.98 Å². The first kappa shape index (κ1) is 13.6. The molecule has 1 aliphatic rings. The number of pyridine rings is 1. The Labute approximate surface area is 117 Å². The Morgan fingerprint density at radius 3 is 3.11 bits per heavy atom. The van der Waals surface area contributed by atoms with Crippen molar-refractivity contribution in [3.8, 4) is 0 Å². The smallest absolute Gasteiger partial charge is 0.140 e. The molecule has 0 bridgehead atoms. The summed E-state index contributed by atoms with van der Waals surface area (Å²) in [5, 5.41) is 3.43. The summed E-state index contributed by atoms with van der Waals surface area (Å²) in [5.41, 5.74) is 7.60. The number of aromatic nitrogens is 1. The number of nitrogen functional groups attached to an aromatic ring is 1. The molecule has 0 amide bonds. The molecular formula is C13H21BrN4. The highest BCUT2D eigenvalue weighted by atomic mass is 79.9. The van der Waals surface area contributed by atoms with Gasteiger partial charge in [-0.05, 0) is 60.8 Å². The van der Waals surface area contributed by atoms with Gasteiger partial charge < -0.3 is 16.0 Å². The van der Waals surface area contributed by atoms with Gasteiger partial charge in [0.25, 0.3) is 0 Å². The van der Waals surface area contributed by atoms with E-state index in [0.717, 1.165) is 28.1 Å². The third-order valence-electron chi connectivity index (χ3n) is 3.58. The summed E-state index contributed by atoms with van der Waals surface area (Å²) >= 11 is 3.55. The lowest BCUT2D eigenvalue weighted by Crippen LogP contribution is -2.35. The van der Waals surface area contributed by atoms with Crippen LogP contribution in [0.25, 0.3) is 0 Å². The number of nitrogens with zero attached hydrogens (tertiary/aromatic N) is 2. The number of likely N-dealkylation sites (tertiary alicyclic amines) is 1. The number of rotatable bonds is 3. The lowest BCUT2D eigenvalue weighted by Gasteiger charge is -2.30. The molecule has 5 heteroatoms. The van der Waals surface area contributed by atoms with Gasteiger partial charge in [0, 0.05) is 13.1 Å². The number of piperidine rings is 1. The maximum absolute atomic E-state index is 5.82. The molecule has 0 aromatic carbocycles. The largest absolute Gasteiger partial charge is 0.397 e. The molecule has 1 aliphatic heterocycles. The first-order chi connectivity index (χ1) is 8.58. The maximum Gasteiger partial charge on any atom is 0.140 e. The van der Waals surface area contributed by atoms with Crippen LogP contribution in [-0.4, -0.2) is 36.6 Å². The van der Waals surface area contributed by atoms with Crippen LogP contribution < -0.4 is 11.1 Å². The van der Waals surface area contributed by atoms with Crippen LogP contribution in [0.2, 0.25) is 0 Å². The molecule has 1 atom stereocenters. The second-order valence-electron chi connectivity index (χ2n) is 5.15. The van der Waals surface area contributed by atoms with Crippen LogP contribution in [0.5, 0.6) is 0 Å². The Balaban J connectivity index is 1.96. The van der Waals surface area contributed by atoms with E-state index in [-0.39, 0.29) is 0 Å². The lowest BCUT2D eigenvalue weighted by molar-refractivity contribution is 0.217. The first-order valence-corrected chi connectivity index (χ1v) is 7.20. The van der Waals surface area contributed by atoms with Crippen LogP contribution in [0, 0.1) is 12.8 Å². The highest BCUT2D eigenvalue weighted by Crippen LogP contribution is 2.28. The van der Waals surface area contributed by atoms with Crippen molar-refractivity contribution in [3.63, 3.8) is 0 Å². The van der Waals surface area contributed by atoms with Gasteiger partial charge in [-0.15, -0.1) is 0 Å². The van der Waals surface area contributed by atoms with Gasteiger partial charge in [0.05, 0.1) is 16.4 Å². The standard InChI is InChI=1S/C13H21BrN4/c1-9-11(15)7-17-13(12(9)14)16-6-10-4-3-5-18(2)8-10/h7,10H,3-6,8,15H2,1-2H3,(H,16,17). The van der Waals surface area contributed by atoms with Crippen LogP contribution in [0.4, 0.5) is 11.5 Å². The molecular weight excluding hydrogens is 292 g/mol. The molecule has 1 aromatic rings. The monoisotopic (exact) mass is 312 g/mol. The molecule has 2 rings (SSSR count). The van der Waals surface area contributed by atoms with Crippen molar-refractivity contribution in [3.05, 3.63) is 16.2 Å². The van der Waals surface area contributed by atoms with Crippen LogP contribution in [-0.2, 0) is 0 Å². The van der Waals surface area contributed by atoms with E-state index in [1.54, 1.807) is 6.20 Å². The fourth-order valence-electron chi connectivity index (χ4n) is 2.40. The van der Waals surface area contributed by atoms with E-state index in [4.69, 9.17) is 5.73 Å². The quantitative estimate of drug-likeness (QED) is 0.900. The third kappa shape index (κ3) is 3.14. The number of hydrogen-bond donors (Lipinski definition) is 2. The topological polar surface area (TPSA) is 54.2 Å².